The van der Waals surface area contributed by atoms with E-state index in [1.54, 1.807) is 13.2 Å². The smallest absolute Gasteiger partial charge is 0.550 e. The Kier molecular flexibility index (Phi) is 8.72. The molecule has 1 N–H and O–H groups in total. The molecule has 1 saturated carbocycles. The molecule has 1 aromatic rings. The van der Waals surface area contributed by atoms with E-state index in [0.717, 1.165) is 24.8 Å². The van der Waals surface area contributed by atoms with Crippen molar-refractivity contribution in [2.24, 2.45) is 5.92 Å². The van der Waals surface area contributed by atoms with E-state index in [4.69, 9.17) is 21.1 Å². The number of methoxy groups -OCH3 is 2. The fraction of sp³-hybridized carbons (Fsp3) is 0.562. The molecule has 5 nitrogen and oxygen atoms in total. The normalized spacial score (nSPS) is 20.5. The molecule has 0 amide bonds. The number of benzene rings is 1. The van der Waals surface area contributed by atoms with E-state index in [1.807, 2.05) is 6.07 Å². The first-order valence-electron chi connectivity index (χ1n) is 7.42. The number of halogens is 1. The van der Waals surface area contributed by atoms with Crippen LogP contribution in [0.25, 0.3) is 0 Å². The fourth-order valence-corrected chi connectivity index (χ4v) is 3.27. The summed E-state index contributed by atoms with van der Waals surface area (Å²) in [6.07, 6.45) is 3.47. The zero-order valence-electron chi connectivity index (χ0n) is 13.9. The van der Waals surface area contributed by atoms with Gasteiger partial charge in [-0.25, -0.2) is 0 Å². The monoisotopic (exact) mass is 349 g/mol. The van der Waals surface area contributed by atoms with Crippen molar-refractivity contribution in [3.05, 3.63) is 22.7 Å². The Hall–Kier alpha value is -0.460. The Balaban J connectivity index is 0.00000264. The van der Waals surface area contributed by atoms with E-state index in [0.29, 0.717) is 29.5 Å². The molecule has 0 heterocycles. The van der Waals surface area contributed by atoms with Crippen LogP contribution < -0.4 is 49.5 Å². The van der Waals surface area contributed by atoms with Crippen molar-refractivity contribution in [1.82, 2.24) is 5.32 Å². The molecule has 7 heteroatoms. The van der Waals surface area contributed by atoms with E-state index in [2.05, 4.69) is 5.32 Å². The average Bonchev–Trinajstić information content (AvgIpc) is 2.53. The van der Waals surface area contributed by atoms with Crippen molar-refractivity contribution in [2.45, 2.75) is 38.3 Å². The summed E-state index contributed by atoms with van der Waals surface area (Å²) in [5.74, 6) is -0.353. The summed E-state index contributed by atoms with van der Waals surface area (Å²) in [4.78, 5) is 11.2. The van der Waals surface area contributed by atoms with Crippen LogP contribution in [0.2, 0.25) is 5.02 Å². The SMILES string of the molecule is COc1ccc(CN[C@@H]2CCCC[C@@H]2C(=O)[O-])c(Cl)c1OC.[Na+]. The van der Waals surface area contributed by atoms with Gasteiger partial charge in [0.15, 0.2) is 11.5 Å². The maximum absolute atomic E-state index is 11.2. The van der Waals surface area contributed by atoms with Crippen LogP contribution in [-0.2, 0) is 11.3 Å². The summed E-state index contributed by atoms with van der Waals surface area (Å²) in [5, 5.41) is 15.0. The van der Waals surface area contributed by atoms with Gasteiger partial charge >= 0.3 is 29.6 Å². The molecule has 122 valence electrons. The average molecular weight is 350 g/mol. The summed E-state index contributed by atoms with van der Waals surface area (Å²) < 4.78 is 10.5. The molecule has 1 fully saturated rings. The van der Waals surface area contributed by atoms with Crippen LogP contribution in [0.5, 0.6) is 11.5 Å². The van der Waals surface area contributed by atoms with Crippen LogP contribution in [0.3, 0.4) is 0 Å². The van der Waals surface area contributed by atoms with Gasteiger partial charge in [-0.1, -0.05) is 30.5 Å². The van der Waals surface area contributed by atoms with Gasteiger partial charge in [0.05, 0.1) is 19.2 Å². The number of carbonyl (C=O) groups excluding carboxylic acids is 1. The first-order chi connectivity index (χ1) is 10.6. The predicted molar refractivity (Wildman–Crippen MR) is 82.1 cm³/mol. The largest absolute Gasteiger partial charge is 1.00 e. The Bertz CT molecular complexity index is 541. The van der Waals surface area contributed by atoms with Gasteiger partial charge in [-0.2, -0.15) is 0 Å². The van der Waals surface area contributed by atoms with Gasteiger partial charge in [-0.3, -0.25) is 0 Å². The van der Waals surface area contributed by atoms with Crippen LogP contribution in [-0.4, -0.2) is 26.2 Å². The minimum absolute atomic E-state index is 0. The number of carboxylic acid groups (broad SMARTS) is 1. The summed E-state index contributed by atoms with van der Waals surface area (Å²) in [5.41, 5.74) is 0.849. The van der Waals surface area contributed by atoms with Gasteiger partial charge in [-0.15, -0.1) is 0 Å². The molecule has 0 bridgehead atoms. The maximum atomic E-state index is 11.2. The Labute approximate surface area is 164 Å². The van der Waals surface area contributed by atoms with E-state index in [-0.39, 0.29) is 35.6 Å². The van der Waals surface area contributed by atoms with Gasteiger partial charge in [-0.05, 0) is 24.5 Å². The third kappa shape index (κ3) is 5.00. The van der Waals surface area contributed by atoms with Crippen LogP contribution in [0.4, 0.5) is 0 Å². The molecule has 0 radical (unpaired) electrons. The summed E-state index contributed by atoms with van der Waals surface area (Å²) >= 11 is 6.34. The van der Waals surface area contributed by atoms with Crippen molar-refractivity contribution >= 4 is 17.6 Å². The van der Waals surface area contributed by atoms with Crippen molar-refractivity contribution in [3.8, 4) is 11.5 Å². The van der Waals surface area contributed by atoms with Crippen molar-refractivity contribution < 1.29 is 48.9 Å². The topological polar surface area (TPSA) is 70.6 Å². The third-order valence-electron chi connectivity index (χ3n) is 4.19. The Morgan fingerprint density at radius 2 is 2.00 bits per heavy atom. The quantitative estimate of drug-likeness (QED) is 0.651. The number of hydrogen-bond acceptors (Lipinski definition) is 5. The number of rotatable bonds is 6. The molecule has 0 unspecified atom stereocenters. The van der Waals surface area contributed by atoms with E-state index < -0.39 is 11.9 Å². The van der Waals surface area contributed by atoms with Gasteiger partial charge in [0.2, 0.25) is 0 Å². The summed E-state index contributed by atoms with van der Waals surface area (Å²) in [7, 11) is 3.09. The standard InChI is InChI=1S/C16H22ClNO4.Na/c1-21-13-8-7-10(14(17)15(13)22-2)9-18-12-6-4-3-5-11(12)16(19)20;/h7-8,11-12,18H,3-6,9H2,1-2H3,(H,19,20);/q;+1/p-1/t11-,12+;/m0./s1. The minimum Gasteiger partial charge on any atom is -0.550 e. The number of carboxylic acids is 1. The molecule has 1 aliphatic rings. The zero-order chi connectivity index (χ0) is 16.1. The molecular weight excluding hydrogens is 329 g/mol. The molecule has 0 aromatic heterocycles. The summed E-state index contributed by atoms with van der Waals surface area (Å²) in [6, 6.07) is 3.56. The van der Waals surface area contributed by atoms with Gasteiger partial charge in [0.25, 0.3) is 0 Å². The van der Waals surface area contributed by atoms with E-state index in [9.17, 15) is 9.90 Å². The van der Waals surface area contributed by atoms with Crippen LogP contribution in [0.1, 0.15) is 31.2 Å². The first kappa shape index (κ1) is 20.6. The Morgan fingerprint density at radius 3 is 2.61 bits per heavy atom. The van der Waals surface area contributed by atoms with E-state index >= 15 is 0 Å². The van der Waals surface area contributed by atoms with Crippen LogP contribution in [0, 0.1) is 5.92 Å². The van der Waals surface area contributed by atoms with Crippen molar-refractivity contribution in [2.75, 3.05) is 14.2 Å². The third-order valence-corrected chi connectivity index (χ3v) is 4.60. The molecule has 0 spiro atoms. The fourth-order valence-electron chi connectivity index (χ4n) is 2.96. The minimum atomic E-state index is -0.976. The second kappa shape index (κ2) is 9.74. The molecule has 2 atom stereocenters. The van der Waals surface area contributed by atoms with Gasteiger partial charge in [0.1, 0.15) is 0 Å². The number of aliphatic carboxylic acids is 1. The van der Waals surface area contributed by atoms with Crippen LogP contribution >= 0.6 is 11.6 Å². The van der Waals surface area contributed by atoms with Crippen LogP contribution in [0.15, 0.2) is 12.1 Å². The molecule has 1 aliphatic carbocycles. The van der Waals surface area contributed by atoms with Gasteiger partial charge in [0, 0.05) is 24.5 Å². The molecular formula is C16H21ClNNaO4. The van der Waals surface area contributed by atoms with Crippen molar-refractivity contribution in [1.29, 1.82) is 0 Å². The zero-order valence-corrected chi connectivity index (χ0v) is 16.6. The summed E-state index contributed by atoms with van der Waals surface area (Å²) in [6.45, 7) is 0.480. The van der Waals surface area contributed by atoms with Gasteiger partial charge < -0.3 is 24.7 Å². The second-order valence-corrected chi connectivity index (χ2v) is 5.85. The predicted octanol–water partition coefficient (Wildman–Crippen LogP) is -1.24. The maximum Gasteiger partial charge on any atom is 1.00 e. The number of carbonyl (C=O) groups is 1. The van der Waals surface area contributed by atoms with E-state index in [1.165, 1.54) is 7.11 Å². The van der Waals surface area contributed by atoms with Crippen molar-refractivity contribution in [3.63, 3.8) is 0 Å². The Morgan fingerprint density at radius 1 is 1.30 bits per heavy atom. The molecule has 0 saturated heterocycles. The number of ether oxygens (including phenoxy) is 2. The number of hydrogen-bond donors (Lipinski definition) is 1. The molecule has 0 aliphatic heterocycles. The second-order valence-electron chi connectivity index (χ2n) is 5.47. The molecule has 1 aromatic carbocycles. The number of nitrogens with one attached hydrogen (secondary N) is 1. The molecule has 2 rings (SSSR count). The first-order valence-corrected chi connectivity index (χ1v) is 7.79. The molecule has 23 heavy (non-hydrogen) atoms.